The van der Waals surface area contributed by atoms with E-state index in [2.05, 4.69) is 9.97 Å². The third-order valence-electron chi connectivity index (χ3n) is 3.10. The summed E-state index contributed by atoms with van der Waals surface area (Å²) in [6.45, 7) is 1.95. The Kier molecular flexibility index (Phi) is 4.40. The predicted octanol–water partition coefficient (Wildman–Crippen LogP) is 1.17. The van der Waals surface area contributed by atoms with Gasteiger partial charge >= 0.3 is 0 Å². The number of benzene rings is 1. The molecule has 0 atom stereocenters. The molecule has 3 N–H and O–H groups in total. The van der Waals surface area contributed by atoms with Crippen LogP contribution in [0.25, 0.3) is 0 Å². The summed E-state index contributed by atoms with van der Waals surface area (Å²) >= 11 is 4.92. The van der Waals surface area contributed by atoms with E-state index >= 15 is 0 Å². The summed E-state index contributed by atoms with van der Waals surface area (Å²) in [5.74, 6) is 0.581. The van der Waals surface area contributed by atoms with Crippen molar-refractivity contribution < 1.29 is 8.42 Å². The van der Waals surface area contributed by atoms with Crippen molar-refractivity contribution in [1.29, 1.82) is 0 Å². The minimum atomic E-state index is -3.59. The van der Waals surface area contributed by atoms with Crippen molar-refractivity contribution in [3.8, 4) is 0 Å². The number of imidazole rings is 1. The SMILES string of the molecule is Cc1cc(S(=O)(=O)N(C)Cc2ncc[nH]2)ccc1C(N)=S. The van der Waals surface area contributed by atoms with Crippen LogP contribution in [0.2, 0.25) is 0 Å². The average molecular weight is 324 g/mol. The molecule has 0 amide bonds. The number of hydrogen-bond acceptors (Lipinski definition) is 4. The van der Waals surface area contributed by atoms with Gasteiger partial charge in [-0.3, -0.25) is 0 Å². The van der Waals surface area contributed by atoms with E-state index in [1.807, 2.05) is 0 Å². The van der Waals surface area contributed by atoms with Gasteiger partial charge in [0.1, 0.15) is 10.8 Å². The molecule has 0 spiro atoms. The molecule has 112 valence electrons. The monoisotopic (exact) mass is 324 g/mol. The number of aromatic amines is 1. The van der Waals surface area contributed by atoms with Gasteiger partial charge in [0.05, 0.1) is 11.4 Å². The third kappa shape index (κ3) is 3.29. The Morgan fingerprint density at radius 3 is 2.71 bits per heavy atom. The molecular weight excluding hydrogens is 308 g/mol. The first-order chi connectivity index (χ1) is 9.82. The molecule has 0 bridgehead atoms. The van der Waals surface area contributed by atoms with E-state index in [0.29, 0.717) is 11.4 Å². The Balaban J connectivity index is 2.31. The van der Waals surface area contributed by atoms with E-state index in [1.54, 1.807) is 31.5 Å². The fourth-order valence-electron chi connectivity index (χ4n) is 1.93. The fourth-order valence-corrected chi connectivity index (χ4v) is 3.38. The molecule has 0 aliphatic heterocycles. The molecule has 0 unspecified atom stereocenters. The number of thiocarbonyl (C=S) groups is 1. The molecule has 0 saturated carbocycles. The van der Waals surface area contributed by atoms with Crippen molar-refractivity contribution in [2.24, 2.45) is 5.73 Å². The second-order valence-electron chi connectivity index (χ2n) is 4.64. The smallest absolute Gasteiger partial charge is 0.243 e. The number of nitrogens with two attached hydrogens (primary N) is 1. The van der Waals surface area contributed by atoms with Gasteiger partial charge in [0.25, 0.3) is 0 Å². The first-order valence-electron chi connectivity index (χ1n) is 6.17. The maximum atomic E-state index is 12.5. The maximum Gasteiger partial charge on any atom is 0.243 e. The van der Waals surface area contributed by atoms with Gasteiger partial charge in [0.15, 0.2) is 0 Å². The Morgan fingerprint density at radius 1 is 1.48 bits per heavy atom. The Hall–Kier alpha value is -1.77. The Morgan fingerprint density at radius 2 is 2.19 bits per heavy atom. The summed E-state index contributed by atoms with van der Waals surface area (Å²) in [5, 5.41) is 0. The predicted molar refractivity (Wildman–Crippen MR) is 84.3 cm³/mol. The summed E-state index contributed by atoms with van der Waals surface area (Å²) in [6, 6.07) is 4.71. The summed E-state index contributed by atoms with van der Waals surface area (Å²) in [5.41, 5.74) is 6.99. The number of aryl methyl sites for hydroxylation is 1. The van der Waals surface area contributed by atoms with Crippen LogP contribution in [0, 0.1) is 6.92 Å². The van der Waals surface area contributed by atoms with Crippen molar-refractivity contribution in [2.75, 3.05) is 7.05 Å². The lowest BCUT2D eigenvalue weighted by Gasteiger charge is -2.17. The zero-order valence-electron chi connectivity index (χ0n) is 11.7. The Labute approximate surface area is 129 Å². The van der Waals surface area contributed by atoms with Crippen LogP contribution in [0.1, 0.15) is 17.0 Å². The molecule has 0 aliphatic rings. The average Bonchev–Trinajstić information content (AvgIpc) is 2.90. The van der Waals surface area contributed by atoms with E-state index in [0.717, 1.165) is 5.56 Å². The van der Waals surface area contributed by atoms with Gasteiger partial charge in [-0.05, 0) is 24.6 Å². The number of rotatable bonds is 5. The van der Waals surface area contributed by atoms with Crippen LogP contribution in [0.15, 0.2) is 35.5 Å². The van der Waals surface area contributed by atoms with Crippen LogP contribution in [-0.4, -0.2) is 34.7 Å². The van der Waals surface area contributed by atoms with Crippen molar-refractivity contribution in [3.05, 3.63) is 47.5 Å². The number of H-pyrrole nitrogens is 1. The van der Waals surface area contributed by atoms with Crippen LogP contribution in [0.3, 0.4) is 0 Å². The summed E-state index contributed by atoms with van der Waals surface area (Å²) < 4.78 is 26.3. The molecule has 0 aliphatic carbocycles. The Bertz CT molecular complexity index is 754. The molecular formula is C13H16N4O2S2. The number of aromatic nitrogens is 2. The minimum absolute atomic E-state index is 0.172. The highest BCUT2D eigenvalue weighted by Crippen LogP contribution is 2.19. The van der Waals surface area contributed by atoms with Gasteiger partial charge < -0.3 is 10.7 Å². The zero-order chi connectivity index (χ0) is 15.6. The number of nitrogens with zero attached hydrogens (tertiary/aromatic N) is 2. The molecule has 2 rings (SSSR count). The van der Waals surface area contributed by atoms with Crippen LogP contribution in [-0.2, 0) is 16.6 Å². The highest BCUT2D eigenvalue weighted by Gasteiger charge is 2.22. The van der Waals surface area contributed by atoms with Crippen LogP contribution in [0.4, 0.5) is 0 Å². The molecule has 2 aromatic rings. The summed E-state index contributed by atoms with van der Waals surface area (Å²) in [4.78, 5) is 7.35. The molecule has 0 fully saturated rings. The first kappa shape index (κ1) is 15.6. The van der Waals surface area contributed by atoms with Gasteiger partial charge in [-0.1, -0.05) is 18.3 Å². The highest BCUT2D eigenvalue weighted by atomic mass is 32.2. The normalized spacial score (nSPS) is 11.8. The van der Waals surface area contributed by atoms with E-state index < -0.39 is 10.0 Å². The third-order valence-corrected chi connectivity index (χ3v) is 5.12. The second kappa shape index (κ2) is 5.92. The van der Waals surface area contributed by atoms with Crippen molar-refractivity contribution in [3.63, 3.8) is 0 Å². The first-order valence-corrected chi connectivity index (χ1v) is 8.02. The van der Waals surface area contributed by atoms with Crippen LogP contribution >= 0.6 is 12.2 Å². The molecule has 1 aromatic heterocycles. The second-order valence-corrected chi connectivity index (χ2v) is 7.12. The quantitative estimate of drug-likeness (QED) is 0.806. The molecule has 0 saturated heterocycles. The van der Waals surface area contributed by atoms with Crippen LogP contribution < -0.4 is 5.73 Å². The fraction of sp³-hybridized carbons (Fsp3) is 0.231. The number of nitrogens with one attached hydrogen (secondary N) is 1. The molecule has 6 nitrogen and oxygen atoms in total. The lowest BCUT2D eigenvalue weighted by Crippen LogP contribution is -2.27. The van der Waals surface area contributed by atoms with E-state index in [1.165, 1.54) is 17.4 Å². The standard InChI is InChI=1S/C13H16N4O2S2/c1-9-7-10(3-4-11(9)13(14)20)21(18,19)17(2)8-12-15-5-6-16-12/h3-7H,8H2,1-2H3,(H2,14,20)(H,15,16). The highest BCUT2D eigenvalue weighted by molar-refractivity contribution is 7.89. The summed E-state index contributed by atoms with van der Waals surface area (Å²) in [7, 11) is -2.08. The zero-order valence-corrected chi connectivity index (χ0v) is 13.3. The maximum absolute atomic E-state index is 12.5. The van der Waals surface area contributed by atoms with Gasteiger partial charge in [-0.25, -0.2) is 13.4 Å². The topological polar surface area (TPSA) is 92.1 Å². The molecule has 21 heavy (non-hydrogen) atoms. The van der Waals surface area contributed by atoms with Crippen LogP contribution in [0.5, 0.6) is 0 Å². The van der Waals surface area contributed by atoms with E-state index in [9.17, 15) is 8.42 Å². The largest absolute Gasteiger partial charge is 0.389 e. The van der Waals surface area contributed by atoms with Gasteiger partial charge in [-0.2, -0.15) is 4.31 Å². The number of sulfonamides is 1. The lowest BCUT2D eigenvalue weighted by atomic mass is 10.1. The molecule has 0 radical (unpaired) electrons. The summed E-state index contributed by atoms with van der Waals surface area (Å²) in [6.07, 6.45) is 3.23. The van der Waals surface area contributed by atoms with Gasteiger partial charge in [-0.15, -0.1) is 0 Å². The van der Waals surface area contributed by atoms with E-state index in [4.69, 9.17) is 18.0 Å². The minimum Gasteiger partial charge on any atom is -0.389 e. The molecule has 8 heteroatoms. The molecule has 1 heterocycles. The van der Waals surface area contributed by atoms with Gasteiger partial charge in [0.2, 0.25) is 10.0 Å². The van der Waals surface area contributed by atoms with E-state index in [-0.39, 0.29) is 16.4 Å². The van der Waals surface area contributed by atoms with Crippen molar-refractivity contribution in [2.45, 2.75) is 18.4 Å². The van der Waals surface area contributed by atoms with Crippen molar-refractivity contribution in [1.82, 2.24) is 14.3 Å². The lowest BCUT2D eigenvalue weighted by molar-refractivity contribution is 0.458. The molecule has 1 aromatic carbocycles. The number of hydrogen-bond donors (Lipinski definition) is 2. The van der Waals surface area contributed by atoms with Gasteiger partial charge in [0, 0.05) is 25.0 Å². The van der Waals surface area contributed by atoms with Crippen molar-refractivity contribution >= 4 is 27.2 Å².